The third kappa shape index (κ3) is 6.03. The van der Waals surface area contributed by atoms with E-state index in [2.05, 4.69) is 62.2 Å². The predicted molar refractivity (Wildman–Crippen MR) is 137 cm³/mol. The van der Waals surface area contributed by atoms with Crippen molar-refractivity contribution >= 4 is 11.9 Å². The van der Waals surface area contributed by atoms with Crippen LogP contribution in [0.15, 0.2) is 59.8 Å². The zero-order valence-corrected chi connectivity index (χ0v) is 21.5. The summed E-state index contributed by atoms with van der Waals surface area (Å²) in [5, 5.41) is 16.5. The van der Waals surface area contributed by atoms with Gasteiger partial charge in [0.25, 0.3) is 0 Å². The van der Waals surface area contributed by atoms with E-state index in [1.54, 1.807) is 0 Å². The normalized spacial score (nSPS) is 15.6. The Morgan fingerprint density at radius 2 is 1.78 bits per heavy atom. The van der Waals surface area contributed by atoms with E-state index in [9.17, 15) is 9.59 Å². The fourth-order valence-electron chi connectivity index (χ4n) is 4.47. The van der Waals surface area contributed by atoms with E-state index in [1.807, 2.05) is 38.1 Å². The first-order valence-electron chi connectivity index (χ1n) is 12.4. The van der Waals surface area contributed by atoms with Crippen LogP contribution in [0.1, 0.15) is 39.7 Å². The number of aromatic nitrogens is 4. The number of ether oxygens (including phenoxy) is 2. The molecule has 1 aliphatic heterocycles. The minimum absolute atomic E-state index is 0.0876. The smallest absolute Gasteiger partial charge is 0.340 e. The third-order valence-electron chi connectivity index (χ3n) is 6.18. The first-order chi connectivity index (χ1) is 17.9. The number of carbonyl (C=O) groups excluding carboxylic acids is 2. The lowest BCUT2D eigenvalue weighted by molar-refractivity contribution is -0.163. The number of benzene rings is 2. The van der Waals surface area contributed by atoms with Gasteiger partial charge in [0.05, 0.1) is 11.6 Å². The van der Waals surface area contributed by atoms with Gasteiger partial charge in [-0.1, -0.05) is 69.3 Å². The number of nitrogens with zero attached hydrogens (tertiary/aromatic N) is 4. The number of rotatable bonds is 10. The second kappa shape index (κ2) is 11.8. The monoisotopic (exact) mass is 504 g/mol. The van der Waals surface area contributed by atoms with E-state index in [0.29, 0.717) is 17.8 Å². The summed E-state index contributed by atoms with van der Waals surface area (Å²) in [6.07, 6.45) is 1.52. The van der Waals surface area contributed by atoms with Gasteiger partial charge in [-0.15, -0.1) is 10.2 Å². The van der Waals surface area contributed by atoms with Crippen LogP contribution >= 0.6 is 0 Å². The van der Waals surface area contributed by atoms with Crippen molar-refractivity contribution in [1.82, 2.24) is 31.1 Å². The number of tetrazole rings is 1. The number of allylic oxidation sites excluding steroid dienone is 1. The lowest BCUT2D eigenvalue weighted by Gasteiger charge is -2.26. The fourth-order valence-corrected chi connectivity index (χ4v) is 4.47. The molecule has 0 fully saturated rings. The molecule has 0 amide bonds. The average Bonchev–Trinajstić information content (AvgIpc) is 3.54. The molecular formula is C27H32N6O4. The Morgan fingerprint density at radius 3 is 2.41 bits per heavy atom. The molecule has 1 aromatic heterocycles. The van der Waals surface area contributed by atoms with E-state index in [1.165, 1.54) is 6.92 Å². The molecular weight excluding hydrogens is 472 g/mol. The number of H-pyrrole nitrogens is 1. The van der Waals surface area contributed by atoms with Crippen LogP contribution in [0.25, 0.3) is 22.5 Å². The van der Waals surface area contributed by atoms with E-state index in [-0.39, 0.29) is 12.0 Å². The van der Waals surface area contributed by atoms with Crippen molar-refractivity contribution in [2.75, 3.05) is 13.3 Å². The molecule has 10 heteroatoms. The minimum atomic E-state index is -0.499. The second-order valence-corrected chi connectivity index (χ2v) is 9.17. The standard InChI is InChI=1S/C27H32N6O4/c1-5-14-33-23(24(25(30-33)17(2)3)27(35)37-16-36-18(4)34)15-19-10-12-20(13-11-19)21-8-6-7-9-22(21)26-28-31-32-29-26/h6-13,17,23,30H,5,14-16H2,1-4H3,(H,28,29,31,32). The van der Waals surface area contributed by atoms with Gasteiger partial charge in [-0.25, -0.2) is 9.80 Å². The molecule has 1 unspecified atom stereocenters. The van der Waals surface area contributed by atoms with Crippen molar-refractivity contribution < 1.29 is 19.1 Å². The molecule has 4 rings (SSSR count). The third-order valence-corrected chi connectivity index (χ3v) is 6.18. The molecule has 1 aliphatic rings. The number of hydrazine groups is 1. The topological polar surface area (TPSA) is 122 Å². The van der Waals surface area contributed by atoms with Crippen LogP contribution in [0.5, 0.6) is 0 Å². The number of esters is 2. The summed E-state index contributed by atoms with van der Waals surface area (Å²) in [7, 11) is 0. The van der Waals surface area contributed by atoms with E-state index < -0.39 is 18.7 Å². The van der Waals surface area contributed by atoms with Gasteiger partial charge in [0.15, 0.2) is 0 Å². The van der Waals surface area contributed by atoms with Crippen LogP contribution in [-0.4, -0.2) is 57.0 Å². The van der Waals surface area contributed by atoms with E-state index in [0.717, 1.165) is 40.9 Å². The SMILES string of the molecule is CCCN1NC(C(C)C)=C(C(=O)OCOC(C)=O)C1Cc1ccc(-c2ccccc2-c2nn[nH]n2)cc1. The molecule has 2 N–H and O–H groups in total. The van der Waals surface area contributed by atoms with Crippen LogP contribution in [-0.2, 0) is 25.5 Å². The minimum Gasteiger partial charge on any atom is -0.428 e. The van der Waals surface area contributed by atoms with Gasteiger partial charge in [0.1, 0.15) is 0 Å². The summed E-state index contributed by atoms with van der Waals surface area (Å²) in [4.78, 5) is 24.2. The number of carbonyl (C=O) groups is 2. The molecule has 1 atom stereocenters. The summed E-state index contributed by atoms with van der Waals surface area (Å²) < 4.78 is 10.1. The van der Waals surface area contributed by atoms with Crippen molar-refractivity contribution in [2.45, 2.75) is 46.6 Å². The maximum Gasteiger partial charge on any atom is 0.340 e. The summed E-state index contributed by atoms with van der Waals surface area (Å²) in [6, 6.07) is 16.0. The maximum atomic E-state index is 13.1. The highest BCUT2D eigenvalue weighted by Gasteiger charge is 2.38. The molecule has 194 valence electrons. The van der Waals surface area contributed by atoms with Gasteiger partial charge in [0, 0.05) is 24.7 Å². The van der Waals surface area contributed by atoms with Gasteiger partial charge >= 0.3 is 11.9 Å². The summed E-state index contributed by atoms with van der Waals surface area (Å²) in [5.74, 6) is -0.355. The molecule has 10 nitrogen and oxygen atoms in total. The van der Waals surface area contributed by atoms with E-state index >= 15 is 0 Å². The van der Waals surface area contributed by atoms with E-state index in [4.69, 9.17) is 9.47 Å². The maximum absolute atomic E-state index is 13.1. The predicted octanol–water partition coefficient (Wildman–Crippen LogP) is 3.65. The van der Waals surface area contributed by atoms with Gasteiger partial charge in [-0.2, -0.15) is 5.21 Å². The van der Waals surface area contributed by atoms with Gasteiger partial charge in [-0.3, -0.25) is 4.79 Å². The first-order valence-corrected chi connectivity index (χ1v) is 12.4. The van der Waals surface area contributed by atoms with Crippen molar-refractivity contribution in [2.24, 2.45) is 5.92 Å². The molecule has 0 radical (unpaired) electrons. The average molecular weight is 505 g/mol. The zero-order valence-electron chi connectivity index (χ0n) is 21.5. The highest BCUT2D eigenvalue weighted by atomic mass is 16.7. The highest BCUT2D eigenvalue weighted by Crippen LogP contribution is 2.32. The fraction of sp³-hybridized carbons (Fsp3) is 0.370. The lowest BCUT2D eigenvalue weighted by atomic mass is 9.93. The molecule has 3 aromatic rings. The first kappa shape index (κ1) is 26.0. The Hall–Kier alpha value is -4.05. The number of aromatic amines is 1. The number of nitrogens with one attached hydrogen (secondary N) is 2. The van der Waals surface area contributed by atoms with Crippen LogP contribution in [0.3, 0.4) is 0 Å². The Bertz CT molecular complexity index is 1250. The second-order valence-electron chi connectivity index (χ2n) is 9.17. The summed E-state index contributed by atoms with van der Waals surface area (Å²) in [5.41, 5.74) is 8.83. The van der Waals surface area contributed by atoms with Crippen LogP contribution in [0.4, 0.5) is 0 Å². The highest BCUT2D eigenvalue weighted by molar-refractivity contribution is 5.91. The lowest BCUT2D eigenvalue weighted by Crippen LogP contribution is -2.42. The largest absolute Gasteiger partial charge is 0.428 e. The number of hydrogen-bond acceptors (Lipinski definition) is 9. The molecule has 2 heterocycles. The van der Waals surface area contributed by atoms with Crippen LogP contribution in [0.2, 0.25) is 0 Å². The zero-order chi connectivity index (χ0) is 26.4. The van der Waals surface area contributed by atoms with Crippen LogP contribution in [0, 0.1) is 5.92 Å². The Labute approximate surface area is 216 Å². The van der Waals surface area contributed by atoms with Gasteiger partial charge in [-0.05, 0) is 40.7 Å². The Balaban J connectivity index is 1.59. The Kier molecular flexibility index (Phi) is 8.29. The molecule has 0 saturated heterocycles. The van der Waals surface area contributed by atoms with Gasteiger partial charge < -0.3 is 14.9 Å². The van der Waals surface area contributed by atoms with Crippen molar-refractivity contribution in [3.8, 4) is 22.5 Å². The molecule has 37 heavy (non-hydrogen) atoms. The van der Waals surface area contributed by atoms with Crippen molar-refractivity contribution in [1.29, 1.82) is 0 Å². The van der Waals surface area contributed by atoms with Gasteiger partial charge in [0.2, 0.25) is 12.6 Å². The molecule has 0 spiro atoms. The summed E-state index contributed by atoms with van der Waals surface area (Å²) in [6.45, 7) is 7.80. The van der Waals surface area contributed by atoms with Crippen molar-refractivity contribution in [3.05, 3.63) is 65.4 Å². The summed E-state index contributed by atoms with van der Waals surface area (Å²) >= 11 is 0. The number of hydrogen-bond donors (Lipinski definition) is 2. The van der Waals surface area contributed by atoms with Crippen LogP contribution < -0.4 is 5.43 Å². The molecule has 0 bridgehead atoms. The molecule has 0 aliphatic carbocycles. The van der Waals surface area contributed by atoms with Crippen molar-refractivity contribution in [3.63, 3.8) is 0 Å². The molecule has 0 saturated carbocycles. The quantitative estimate of drug-likeness (QED) is 0.315. The molecule has 2 aromatic carbocycles. The Morgan fingerprint density at radius 1 is 1.05 bits per heavy atom.